The Bertz CT molecular complexity index is 688. The fourth-order valence-electron chi connectivity index (χ4n) is 1.88. The maximum absolute atomic E-state index is 11.6. The first-order valence-corrected chi connectivity index (χ1v) is 7.84. The van der Waals surface area contributed by atoms with Crippen molar-refractivity contribution in [3.8, 4) is 11.5 Å². The number of halogens is 2. The standard InChI is InChI=1S/C16H14ClIO4/c1-20-14-8-11(16(19)21-2)7-13(18)15(14)22-9-10-4-3-5-12(17)6-10/h3-8H,9H2,1-2H3. The van der Waals surface area contributed by atoms with Gasteiger partial charge in [-0.25, -0.2) is 4.79 Å². The number of benzene rings is 2. The zero-order chi connectivity index (χ0) is 16.1. The topological polar surface area (TPSA) is 44.8 Å². The van der Waals surface area contributed by atoms with Crippen LogP contribution in [0, 0.1) is 3.57 Å². The highest BCUT2D eigenvalue weighted by Gasteiger charge is 2.16. The van der Waals surface area contributed by atoms with Gasteiger partial charge in [0, 0.05) is 5.02 Å². The van der Waals surface area contributed by atoms with Crippen molar-refractivity contribution in [1.82, 2.24) is 0 Å². The van der Waals surface area contributed by atoms with Crippen LogP contribution in [0.5, 0.6) is 11.5 Å². The number of hydrogen-bond donors (Lipinski definition) is 0. The van der Waals surface area contributed by atoms with Gasteiger partial charge in [0.05, 0.1) is 23.4 Å². The number of esters is 1. The SMILES string of the molecule is COC(=O)c1cc(I)c(OCc2cccc(Cl)c2)c(OC)c1. The lowest BCUT2D eigenvalue weighted by atomic mass is 10.2. The molecule has 0 aliphatic heterocycles. The van der Waals surface area contributed by atoms with E-state index in [0.717, 1.165) is 9.13 Å². The minimum absolute atomic E-state index is 0.352. The molecule has 4 nitrogen and oxygen atoms in total. The molecule has 22 heavy (non-hydrogen) atoms. The van der Waals surface area contributed by atoms with Crippen molar-refractivity contribution in [2.24, 2.45) is 0 Å². The molecule has 0 aliphatic carbocycles. The Morgan fingerprint density at radius 2 is 2.00 bits per heavy atom. The molecule has 0 N–H and O–H groups in total. The van der Waals surface area contributed by atoms with Crippen LogP contribution < -0.4 is 9.47 Å². The number of hydrogen-bond acceptors (Lipinski definition) is 4. The van der Waals surface area contributed by atoms with Crippen LogP contribution in [-0.4, -0.2) is 20.2 Å². The monoisotopic (exact) mass is 432 g/mol. The molecule has 2 rings (SSSR count). The molecular formula is C16H14ClIO4. The normalized spacial score (nSPS) is 10.2. The second-order valence-electron chi connectivity index (χ2n) is 4.40. The van der Waals surface area contributed by atoms with Crippen LogP contribution in [0.1, 0.15) is 15.9 Å². The highest BCUT2D eigenvalue weighted by atomic mass is 127. The lowest BCUT2D eigenvalue weighted by Gasteiger charge is -2.14. The maximum atomic E-state index is 11.6. The van der Waals surface area contributed by atoms with Crippen molar-refractivity contribution in [3.63, 3.8) is 0 Å². The molecule has 2 aromatic carbocycles. The van der Waals surface area contributed by atoms with Crippen molar-refractivity contribution in [3.05, 3.63) is 56.1 Å². The summed E-state index contributed by atoms with van der Waals surface area (Å²) in [6.45, 7) is 0.352. The fraction of sp³-hybridized carbons (Fsp3) is 0.188. The number of rotatable bonds is 5. The van der Waals surface area contributed by atoms with Crippen LogP contribution in [-0.2, 0) is 11.3 Å². The summed E-state index contributed by atoms with van der Waals surface area (Å²) in [6, 6.07) is 10.7. The van der Waals surface area contributed by atoms with Crippen molar-refractivity contribution in [2.75, 3.05) is 14.2 Å². The minimum atomic E-state index is -0.419. The molecule has 0 fully saturated rings. The summed E-state index contributed by atoms with van der Waals surface area (Å²) >= 11 is 8.05. The van der Waals surface area contributed by atoms with Crippen LogP contribution in [0.15, 0.2) is 36.4 Å². The number of ether oxygens (including phenoxy) is 3. The predicted molar refractivity (Wildman–Crippen MR) is 92.8 cm³/mol. The van der Waals surface area contributed by atoms with Crippen molar-refractivity contribution >= 4 is 40.2 Å². The highest BCUT2D eigenvalue weighted by molar-refractivity contribution is 14.1. The van der Waals surface area contributed by atoms with Gasteiger partial charge in [0.1, 0.15) is 6.61 Å². The lowest BCUT2D eigenvalue weighted by Crippen LogP contribution is -2.05. The predicted octanol–water partition coefficient (Wildman–Crippen LogP) is 4.32. The largest absolute Gasteiger partial charge is 0.493 e. The van der Waals surface area contributed by atoms with Crippen molar-refractivity contribution < 1.29 is 19.0 Å². The summed E-state index contributed by atoms with van der Waals surface area (Å²) in [5.74, 6) is 0.641. The first-order chi connectivity index (χ1) is 10.5. The van der Waals surface area contributed by atoms with E-state index in [2.05, 4.69) is 22.6 Å². The van der Waals surface area contributed by atoms with E-state index < -0.39 is 5.97 Å². The summed E-state index contributed by atoms with van der Waals surface area (Å²) in [4.78, 5) is 11.6. The Hall–Kier alpha value is -1.47. The molecule has 0 radical (unpaired) electrons. The average Bonchev–Trinajstić information content (AvgIpc) is 2.52. The summed E-state index contributed by atoms with van der Waals surface area (Å²) in [5, 5.41) is 0.656. The van der Waals surface area contributed by atoms with Crippen LogP contribution in [0.4, 0.5) is 0 Å². The van der Waals surface area contributed by atoms with E-state index in [4.69, 9.17) is 25.8 Å². The molecule has 0 aromatic heterocycles. The van der Waals surface area contributed by atoms with E-state index >= 15 is 0 Å². The average molecular weight is 433 g/mol. The van der Waals surface area contributed by atoms with Crippen LogP contribution in [0.2, 0.25) is 5.02 Å². The molecule has 2 aromatic rings. The van der Waals surface area contributed by atoms with Gasteiger partial charge < -0.3 is 14.2 Å². The summed E-state index contributed by atoms with van der Waals surface area (Å²) in [7, 11) is 2.87. The zero-order valence-corrected chi connectivity index (χ0v) is 15.0. The first kappa shape index (κ1) is 16.9. The Kier molecular flexibility index (Phi) is 5.90. The zero-order valence-electron chi connectivity index (χ0n) is 12.1. The van der Waals surface area contributed by atoms with Gasteiger partial charge in [-0.05, 0) is 52.4 Å². The Balaban J connectivity index is 2.25. The van der Waals surface area contributed by atoms with Gasteiger partial charge in [-0.3, -0.25) is 0 Å². The van der Waals surface area contributed by atoms with Crippen molar-refractivity contribution in [2.45, 2.75) is 6.61 Å². The number of carbonyl (C=O) groups excluding carboxylic acids is 1. The van der Waals surface area contributed by atoms with Gasteiger partial charge in [0.25, 0.3) is 0 Å². The Morgan fingerprint density at radius 3 is 2.64 bits per heavy atom. The molecule has 0 spiro atoms. The summed E-state index contributed by atoms with van der Waals surface area (Å²) in [6.07, 6.45) is 0. The molecule has 0 saturated heterocycles. The van der Waals surface area contributed by atoms with Crippen LogP contribution >= 0.6 is 34.2 Å². The quantitative estimate of drug-likeness (QED) is 0.521. The van der Waals surface area contributed by atoms with E-state index in [0.29, 0.717) is 28.7 Å². The van der Waals surface area contributed by atoms with Crippen molar-refractivity contribution in [1.29, 1.82) is 0 Å². The fourth-order valence-corrected chi connectivity index (χ4v) is 2.85. The van der Waals surface area contributed by atoms with Gasteiger partial charge in [-0.2, -0.15) is 0 Å². The molecule has 0 unspecified atom stereocenters. The Labute approximate surface area is 147 Å². The van der Waals surface area contributed by atoms with E-state index in [-0.39, 0.29) is 0 Å². The van der Waals surface area contributed by atoms with Gasteiger partial charge in [0.15, 0.2) is 11.5 Å². The highest BCUT2D eigenvalue weighted by Crippen LogP contribution is 2.34. The Morgan fingerprint density at radius 1 is 1.23 bits per heavy atom. The molecule has 0 atom stereocenters. The summed E-state index contributed by atoms with van der Waals surface area (Å²) < 4.78 is 16.6. The summed E-state index contributed by atoms with van der Waals surface area (Å²) in [5.41, 5.74) is 1.36. The van der Waals surface area contributed by atoms with E-state index in [1.54, 1.807) is 18.2 Å². The number of methoxy groups -OCH3 is 2. The van der Waals surface area contributed by atoms with Crippen LogP contribution in [0.3, 0.4) is 0 Å². The molecule has 0 heterocycles. The molecule has 0 aliphatic rings. The minimum Gasteiger partial charge on any atom is -0.493 e. The van der Waals surface area contributed by atoms with Gasteiger partial charge in [-0.1, -0.05) is 23.7 Å². The van der Waals surface area contributed by atoms with E-state index in [1.807, 2.05) is 18.2 Å². The third-order valence-electron chi connectivity index (χ3n) is 2.92. The maximum Gasteiger partial charge on any atom is 0.338 e. The van der Waals surface area contributed by atoms with Crippen LogP contribution in [0.25, 0.3) is 0 Å². The smallest absolute Gasteiger partial charge is 0.338 e. The molecule has 116 valence electrons. The van der Waals surface area contributed by atoms with Gasteiger partial charge in [0.2, 0.25) is 0 Å². The lowest BCUT2D eigenvalue weighted by molar-refractivity contribution is 0.0600. The third kappa shape index (κ3) is 4.04. The second-order valence-corrected chi connectivity index (χ2v) is 6.00. The van der Waals surface area contributed by atoms with E-state index in [1.165, 1.54) is 14.2 Å². The first-order valence-electron chi connectivity index (χ1n) is 6.38. The third-order valence-corrected chi connectivity index (χ3v) is 3.96. The van der Waals surface area contributed by atoms with Gasteiger partial charge >= 0.3 is 5.97 Å². The van der Waals surface area contributed by atoms with Gasteiger partial charge in [-0.15, -0.1) is 0 Å². The second kappa shape index (κ2) is 7.69. The molecule has 0 amide bonds. The molecule has 6 heteroatoms. The molecule has 0 saturated carbocycles. The molecule has 0 bridgehead atoms. The van der Waals surface area contributed by atoms with E-state index in [9.17, 15) is 4.79 Å². The number of carbonyl (C=O) groups is 1. The molecular weight excluding hydrogens is 419 g/mol.